The minimum absolute atomic E-state index is 0.107. The van der Waals surface area contributed by atoms with Crippen LogP contribution < -0.4 is 0 Å². The molecule has 0 aliphatic heterocycles. The number of ether oxygens (including phenoxy) is 1. The van der Waals surface area contributed by atoms with Gasteiger partial charge in [0.1, 0.15) is 0 Å². The monoisotopic (exact) mass is 332 g/mol. The van der Waals surface area contributed by atoms with Crippen molar-refractivity contribution in [1.82, 2.24) is 0 Å². The molecule has 0 aromatic heterocycles. The third kappa shape index (κ3) is 3.29. The number of esters is 1. The van der Waals surface area contributed by atoms with E-state index in [1.54, 1.807) is 19.1 Å². The number of carbonyl (C=O) groups is 1. The van der Waals surface area contributed by atoms with E-state index in [0.717, 1.165) is 11.1 Å². The van der Waals surface area contributed by atoms with Crippen molar-refractivity contribution < 1.29 is 17.9 Å². The van der Waals surface area contributed by atoms with Gasteiger partial charge < -0.3 is 4.74 Å². The summed E-state index contributed by atoms with van der Waals surface area (Å²) in [6.07, 6.45) is 0. The summed E-state index contributed by atoms with van der Waals surface area (Å²) in [7, 11) is -3.83. The first-order valence-electron chi connectivity index (χ1n) is 7.38. The van der Waals surface area contributed by atoms with E-state index in [-0.39, 0.29) is 11.5 Å². The van der Waals surface area contributed by atoms with Crippen LogP contribution in [-0.4, -0.2) is 25.7 Å². The molecule has 4 nitrogen and oxygen atoms in total. The number of carbonyl (C=O) groups excluding carboxylic acids is 1. The normalized spacial score (nSPS) is 12.0. The zero-order valence-corrected chi connectivity index (χ0v) is 14.3. The predicted molar refractivity (Wildman–Crippen MR) is 89.8 cm³/mol. The number of sulfone groups is 1. The molecule has 0 saturated carbocycles. The molecule has 2 aromatic carbocycles. The first-order chi connectivity index (χ1) is 10.8. The summed E-state index contributed by atoms with van der Waals surface area (Å²) < 4.78 is 28.7. The van der Waals surface area contributed by atoms with Crippen LogP contribution in [-0.2, 0) is 19.4 Å². The first-order valence-corrected chi connectivity index (χ1v) is 8.86. The van der Waals surface area contributed by atoms with Crippen molar-refractivity contribution in [3.8, 4) is 11.1 Å². The van der Waals surface area contributed by atoms with Gasteiger partial charge in [-0.05, 0) is 44.0 Å². The van der Waals surface area contributed by atoms with Gasteiger partial charge in [0.15, 0.2) is 14.6 Å². The van der Waals surface area contributed by atoms with Crippen molar-refractivity contribution in [2.24, 2.45) is 0 Å². The van der Waals surface area contributed by atoms with Gasteiger partial charge in [-0.2, -0.15) is 0 Å². The minimum Gasteiger partial charge on any atom is -0.465 e. The lowest BCUT2D eigenvalue weighted by Gasteiger charge is -2.22. The molecule has 0 saturated heterocycles. The van der Waals surface area contributed by atoms with Gasteiger partial charge in [0.25, 0.3) is 0 Å². The molecule has 0 bridgehead atoms. The summed E-state index contributed by atoms with van der Waals surface area (Å²) in [5.41, 5.74) is 1.92. The average molecular weight is 332 g/mol. The zero-order chi connectivity index (χ0) is 17.1. The molecular formula is C18H20O4S. The maximum Gasteiger partial charge on any atom is 0.327 e. The third-order valence-electron chi connectivity index (χ3n) is 3.71. The molecule has 2 aromatic rings. The van der Waals surface area contributed by atoms with Gasteiger partial charge in [0, 0.05) is 0 Å². The standard InChI is InChI=1S/C18H20O4S/c1-4-22-17(19)18(2,3)23(20,21)16-12-10-15(11-13-16)14-8-6-5-7-9-14/h5-13H,4H2,1-3H3. The topological polar surface area (TPSA) is 60.4 Å². The molecule has 0 atom stereocenters. The summed E-state index contributed by atoms with van der Waals surface area (Å²) >= 11 is 0. The molecule has 23 heavy (non-hydrogen) atoms. The van der Waals surface area contributed by atoms with Gasteiger partial charge in [0.2, 0.25) is 0 Å². The molecule has 0 heterocycles. The van der Waals surface area contributed by atoms with E-state index in [1.807, 2.05) is 30.3 Å². The van der Waals surface area contributed by atoms with Gasteiger partial charge in [-0.1, -0.05) is 42.5 Å². The molecule has 0 aliphatic rings. The summed E-state index contributed by atoms with van der Waals surface area (Å²) in [6, 6.07) is 16.2. The molecule has 0 unspecified atom stereocenters. The Bertz CT molecular complexity index is 776. The fourth-order valence-electron chi connectivity index (χ4n) is 2.17. The van der Waals surface area contributed by atoms with Crippen molar-refractivity contribution in [3.63, 3.8) is 0 Å². The van der Waals surface area contributed by atoms with Crippen LogP contribution in [0.15, 0.2) is 59.5 Å². The molecule has 0 amide bonds. The Kier molecular flexibility index (Phi) is 4.90. The number of rotatable bonds is 5. The van der Waals surface area contributed by atoms with Crippen LogP contribution in [0.3, 0.4) is 0 Å². The molecule has 0 spiro atoms. The van der Waals surface area contributed by atoms with Crippen LogP contribution in [0.2, 0.25) is 0 Å². The van der Waals surface area contributed by atoms with Crippen molar-refractivity contribution in [1.29, 1.82) is 0 Å². The third-order valence-corrected chi connectivity index (χ3v) is 6.11. The number of hydrogen-bond acceptors (Lipinski definition) is 4. The lowest BCUT2D eigenvalue weighted by atomic mass is 10.1. The van der Waals surface area contributed by atoms with E-state index >= 15 is 0 Å². The lowest BCUT2D eigenvalue weighted by Crippen LogP contribution is -2.42. The Labute approximate surface area is 137 Å². The second kappa shape index (κ2) is 6.54. The molecule has 0 N–H and O–H groups in total. The van der Waals surface area contributed by atoms with E-state index in [2.05, 4.69) is 0 Å². The molecular weight excluding hydrogens is 312 g/mol. The highest BCUT2D eigenvalue weighted by atomic mass is 32.2. The van der Waals surface area contributed by atoms with Gasteiger partial charge in [-0.15, -0.1) is 0 Å². The molecule has 2 rings (SSSR count). The molecule has 122 valence electrons. The van der Waals surface area contributed by atoms with Gasteiger partial charge >= 0.3 is 5.97 Å². The van der Waals surface area contributed by atoms with Crippen LogP contribution in [0, 0.1) is 0 Å². The highest BCUT2D eigenvalue weighted by molar-refractivity contribution is 7.93. The van der Waals surface area contributed by atoms with Crippen LogP contribution in [0.5, 0.6) is 0 Å². The maximum absolute atomic E-state index is 12.7. The van der Waals surface area contributed by atoms with Crippen molar-refractivity contribution in [2.75, 3.05) is 6.61 Å². The predicted octanol–water partition coefficient (Wildman–Crippen LogP) is 3.47. The van der Waals surface area contributed by atoms with Crippen LogP contribution >= 0.6 is 0 Å². The zero-order valence-electron chi connectivity index (χ0n) is 13.4. The van der Waals surface area contributed by atoms with E-state index in [0.29, 0.717) is 0 Å². The fraction of sp³-hybridized carbons (Fsp3) is 0.278. The highest BCUT2D eigenvalue weighted by Gasteiger charge is 2.44. The second-order valence-electron chi connectivity index (χ2n) is 5.62. The fourth-order valence-corrected chi connectivity index (χ4v) is 3.53. The Balaban J connectivity index is 2.36. The first kappa shape index (κ1) is 17.2. The smallest absolute Gasteiger partial charge is 0.327 e. The molecule has 5 heteroatoms. The summed E-state index contributed by atoms with van der Waals surface area (Å²) in [5, 5.41) is 0. The van der Waals surface area contributed by atoms with Crippen LogP contribution in [0.1, 0.15) is 20.8 Å². The van der Waals surface area contributed by atoms with Crippen molar-refractivity contribution in [2.45, 2.75) is 30.4 Å². The Hall–Kier alpha value is -2.14. The van der Waals surface area contributed by atoms with E-state index < -0.39 is 20.6 Å². The van der Waals surface area contributed by atoms with Gasteiger partial charge in [0.05, 0.1) is 11.5 Å². The quantitative estimate of drug-likeness (QED) is 0.787. The highest BCUT2D eigenvalue weighted by Crippen LogP contribution is 2.28. The maximum atomic E-state index is 12.7. The van der Waals surface area contributed by atoms with Crippen LogP contribution in [0.4, 0.5) is 0 Å². The van der Waals surface area contributed by atoms with Crippen molar-refractivity contribution >= 4 is 15.8 Å². The lowest BCUT2D eigenvalue weighted by molar-refractivity contribution is -0.145. The van der Waals surface area contributed by atoms with Gasteiger partial charge in [-0.25, -0.2) is 8.42 Å². The van der Waals surface area contributed by atoms with E-state index in [9.17, 15) is 13.2 Å². The summed E-state index contributed by atoms with van der Waals surface area (Å²) in [5.74, 6) is -0.743. The van der Waals surface area contributed by atoms with E-state index in [4.69, 9.17) is 4.74 Å². The van der Waals surface area contributed by atoms with Crippen molar-refractivity contribution in [3.05, 3.63) is 54.6 Å². The molecule has 0 radical (unpaired) electrons. The Morgan fingerprint density at radius 3 is 2.00 bits per heavy atom. The Morgan fingerprint density at radius 1 is 0.957 bits per heavy atom. The number of hydrogen-bond donors (Lipinski definition) is 0. The Morgan fingerprint density at radius 2 is 1.48 bits per heavy atom. The average Bonchev–Trinajstić information content (AvgIpc) is 2.56. The van der Waals surface area contributed by atoms with Gasteiger partial charge in [-0.3, -0.25) is 4.79 Å². The number of benzene rings is 2. The van der Waals surface area contributed by atoms with E-state index in [1.165, 1.54) is 26.0 Å². The molecule has 0 aliphatic carbocycles. The minimum atomic E-state index is -3.83. The second-order valence-corrected chi connectivity index (χ2v) is 8.12. The molecule has 0 fully saturated rings. The van der Waals surface area contributed by atoms with Crippen LogP contribution in [0.25, 0.3) is 11.1 Å². The summed E-state index contributed by atoms with van der Waals surface area (Å²) in [6.45, 7) is 4.52. The largest absolute Gasteiger partial charge is 0.465 e. The summed E-state index contributed by atoms with van der Waals surface area (Å²) in [4.78, 5) is 12.1. The SMILES string of the molecule is CCOC(=O)C(C)(C)S(=O)(=O)c1ccc(-c2ccccc2)cc1.